The highest BCUT2D eigenvalue weighted by molar-refractivity contribution is 7.99. The molecule has 0 saturated carbocycles. The van der Waals surface area contributed by atoms with Crippen molar-refractivity contribution in [1.82, 2.24) is 4.57 Å². The molecule has 8 aromatic carbocycles. The highest BCUT2D eigenvalue weighted by atomic mass is 32.2. The fourth-order valence-corrected chi connectivity index (χ4v) is 8.57. The topological polar surface area (TPSA) is 4.93 Å². The minimum absolute atomic E-state index is 1.17. The highest BCUT2D eigenvalue weighted by Gasteiger charge is 2.21. The Morgan fingerprint density at radius 3 is 1.98 bits per heavy atom. The predicted molar refractivity (Wildman–Crippen MR) is 188 cm³/mol. The van der Waals surface area contributed by atoms with Crippen LogP contribution in [0.25, 0.3) is 82.1 Å². The normalized spacial score (nSPS) is 12.5. The van der Waals surface area contributed by atoms with Crippen LogP contribution in [-0.2, 0) is 0 Å². The van der Waals surface area contributed by atoms with E-state index in [1.54, 1.807) is 0 Å². The van der Waals surface area contributed by atoms with Crippen LogP contribution in [-0.4, -0.2) is 4.57 Å². The Morgan fingerprint density at radius 2 is 1.09 bits per heavy atom. The first kappa shape index (κ1) is 24.2. The van der Waals surface area contributed by atoms with Crippen LogP contribution >= 0.6 is 11.8 Å². The van der Waals surface area contributed by atoms with Gasteiger partial charge in [0.25, 0.3) is 0 Å². The van der Waals surface area contributed by atoms with E-state index in [-0.39, 0.29) is 0 Å². The molecule has 9 aromatic rings. The maximum absolute atomic E-state index is 2.47. The maximum atomic E-state index is 2.47. The summed E-state index contributed by atoms with van der Waals surface area (Å²) in [5, 5.41) is 10.4. The number of rotatable bonds is 2. The van der Waals surface area contributed by atoms with E-state index in [9.17, 15) is 0 Å². The fourth-order valence-electron chi connectivity index (χ4n) is 7.44. The molecule has 2 heterocycles. The summed E-state index contributed by atoms with van der Waals surface area (Å²) in [4.78, 5) is 2.66. The lowest BCUT2D eigenvalue weighted by Crippen LogP contribution is -1.96. The van der Waals surface area contributed by atoms with Crippen LogP contribution in [0.3, 0.4) is 0 Å². The van der Waals surface area contributed by atoms with Crippen molar-refractivity contribution in [3.05, 3.63) is 152 Å². The van der Waals surface area contributed by atoms with Gasteiger partial charge in [-0.05, 0) is 74.1 Å². The van der Waals surface area contributed by atoms with E-state index in [0.717, 1.165) is 0 Å². The molecule has 0 amide bonds. The Kier molecular flexibility index (Phi) is 5.00. The molecule has 0 radical (unpaired) electrons. The van der Waals surface area contributed by atoms with E-state index >= 15 is 0 Å². The Hall–Kier alpha value is -5.31. The van der Waals surface area contributed by atoms with Gasteiger partial charge in [-0.15, -0.1) is 0 Å². The molecule has 0 fully saturated rings. The summed E-state index contributed by atoms with van der Waals surface area (Å²) in [5.74, 6) is 0. The van der Waals surface area contributed by atoms with Crippen molar-refractivity contribution >= 4 is 65.9 Å². The lowest BCUT2D eigenvalue weighted by molar-refractivity contribution is 1.19. The molecule has 10 rings (SSSR count). The molecular formula is C42H25NS. The third kappa shape index (κ3) is 3.32. The molecular weight excluding hydrogens is 551 g/mol. The van der Waals surface area contributed by atoms with Gasteiger partial charge in [0.05, 0.1) is 11.0 Å². The standard InChI is InChI=1S/C42H25NS/c1-3-10-31-26(8-1)19-24-37-40(31)36-22-18-27-9-2-4-11-32(27)42(36)43(37)29-20-16-28(17-21-29)30-23-25-39-41-34(30)13-7-14-35(41)33-12-5-6-15-38(33)44-39/h1-25H. The van der Waals surface area contributed by atoms with Gasteiger partial charge in [-0.3, -0.25) is 0 Å². The van der Waals surface area contributed by atoms with Crippen molar-refractivity contribution in [3.8, 4) is 27.9 Å². The number of fused-ring (bicyclic) bond motifs is 9. The van der Waals surface area contributed by atoms with Crippen LogP contribution in [0.2, 0.25) is 0 Å². The van der Waals surface area contributed by atoms with Crippen molar-refractivity contribution < 1.29 is 0 Å². The SMILES string of the molecule is c1ccc2c(c1)Sc1ccc(-c3ccc(-n4c5ccc6ccccc6c5c5ccc6ccccc6c54)cc3)c3cccc-2c13. The molecule has 1 aliphatic rings. The van der Waals surface area contributed by atoms with Crippen LogP contribution in [0, 0.1) is 0 Å². The van der Waals surface area contributed by atoms with Crippen LogP contribution in [0.15, 0.2) is 161 Å². The summed E-state index contributed by atoms with van der Waals surface area (Å²) in [7, 11) is 0. The Bertz CT molecular complexity index is 2620. The van der Waals surface area contributed by atoms with Crippen molar-refractivity contribution in [2.45, 2.75) is 9.79 Å². The van der Waals surface area contributed by atoms with E-state index < -0.39 is 0 Å². The molecule has 1 nitrogen and oxygen atoms in total. The van der Waals surface area contributed by atoms with Gasteiger partial charge in [-0.1, -0.05) is 133 Å². The predicted octanol–water partition coefficient (Wildman–Crippen LogP) is 12.0. The first-order valence-electron chi connectivity index (χ1n) is 15.1. The molecule has 204 valence electrons. The molecule has 0 spiro atoms. The van der Waals surface area contributed by atoms with E-state index in [1.807, 2.05) is 11.8 Å². The van der Waals surface area contributed by atoms with E-state index in [4.69, 9.17) is 0 Å². The lowest BCUT2D eigenvalue weighted by atomic mass is 9.92. The molecule has 0 unspecified atom stereocenters. The molecule has 44 heavy (non-hydrogen) atoms. The average Bonchev–Trinajstić information content (AvgIpc) is 3.44. The Morgan fingerprint density at radius 1 is 0.386 bits per heavy atom. The Labute approximate surface area is 259 Å². The van der Waals surface area contributed by atoms with Crippen LogP contribution in [0.5, 0.6) is 0 Å². The van der Waals surface area contributed by atoms with Crippen LogP contribution < -0.4 is 0 Å². The number of aromatic nitrogens is 1. The van der Waals surface area contributed by atoms with Gasteiger partial charge in [0.2, 0.25) is 0 Å². The van der Waals surface area contributed by atoms with Crippen molar-refractivity contribution in [1.29, 1.82) is 0 Å². The maximum Gasteiger partial charge on any atom is 0.0619 e. The van der Waals surface area contributed by atoms with E-state index in [1.165, 1.54) is 91.9 Å². The number of hydrogen-bond acceptors (Lipinski definition) is 1. The summed E-state index contributed by atoms with van der Waals surface area (Å²) < 4.78 is 2.47. The quantitative estimate of drug-likeness (QED) is 0.198. The zero-order chi connectivity index (χ0) is 28.8. The fraction of sp³-hybridized carbons (Fsp3) is 0. The molecule has 1 aliphatic heterocycles. The van der Waals surface area contributed by atoms with Gasteiger partial charge in [0.1, 0.15) is 0 Å². The van der Waals surface area contributed by atoms with Gasteiger partial charge in [-0.2, -0.15) is 0 Å². The first-order chi connectivity index (χ1) is 21.8. The largest absolute Gasteiger partial charge is 0.309 e. The molecule has 0 N–H and O–H groups in total. The van der Waals surface area contributed by atoms with Gasteiger partial charge in [-0.25, -0.2) is 0 Å². The van der Waals surface area contributed by atoms with E-state index in [2.05, 4.69) is 156 Å². The zero-order valence-corrected chi connectivity index (χ0v) is 24.6. The second-order valence-corrected chi connectivity index (χ2v) is 12.8. The second kappa shape index (κ2) is 9.09. The monoisotopic (exact) mass is 575 g/mol. The third-order valence-corrected chi connectivity index (χ3v) is 10.5. The van der Waals surface area contributed by atoms with E-state index in [0.29, 0.717) is 0 Å². The van der Waals surface area contributed by atoms with Crippen LogP contribution in [0.4, 0.5) is 0 Å². The van der Waals surface area contributed by atoms with Gasteiger partial charge in [0.15, 0.2) is 0 Å². The third-order valence-electron chi connectivity index (χ3n) is 9.38. The number of benzene rings is 8. The highest BCUT2D eigenvalue weighted by Crippen LogP contribution is 2.49. The van der Waals surface area contributed by atoms with Crippen LogP contribution in [0.1, 0.15) is 0 Å². The summed E-state index contributed by atoms with van der Waals surface area (Å²) in [6.45, 7) is 0. The lowest BCUT2D eigenvalue weighted by Gasteiger charge is -2.21. The molecule has 0 atom stereocenters. The van der Waals surface area contributed by atoms with Gasteiger partial charge >= 0.3 is 0 Å². The summed E-state index contributed by atoms with van der Waals surface area (Å²) in [5.41, 5.74) is 8.84. The Balaban J connectivity index is 1.20. The zero-order valence-electron chi connectivity index (χ0n) is 23.8. The van der Waals surface area contributed by atoms with Gasteiger partial charge in [0, 0.05) is 37.0 Å². The minimum Gasteiger partial charge on any atom is -0.309 e. The number of nitrogens with zero attached hydrogens (tertiary/aromatic N) is 1. The summed E-state index contributed by atoms with van der Waals surface area (Å²) in [6, 6.07) is 55.9. The van der Waals surface area contributed by atoms with Gasteiger partial charge < -0.3 is 4.57 Å². The van der Waals surface area contributed by atoms with Crippen molar-refractivity contribution in [3.63, 3.8) is 0 Å². The second-order valence-electron chi connectivity index (χ2n) is 11.7. The summed E-state index contributed by atoms with van der Waals surface area (Å²) >= 11 is 1.88. The minimum atomic E-state index is 1.17. The molecule has 2 heteroatoms. The van der Waals surface area contributed by atoms with Crippen molar-refractivity contribution in [2.75, 3.05) is 0 Å². The smallest absolute Gasteiger partial charge is 0.0619 e. The number of hydrogen-bond donors (Lipinski definition) is 0. The first-order valence-corrected chi connectivity index (χ1v) is 15.9. The molecule has 0 saturated heterocycles. The molecule has 1 aromatic heterocycles. The average molecular weight is 576 g/mol. The van der Waals surface area contributed by atoms with Crippen molar-refractivity contribution in [2.24, 2.45) is 0 Å². The molecule has 0 bridgehead atoms. The molecule has 0 aliphatic carbocycles. The summed E-state index contributed by atoms with van der Waals surface area (Å²) in [6.07, 6.45) is 0.